The van der Waals surface area contributed by atoms with Gasteiger partial charge in [-0.05, 0) is 41.5 Å². The number of amides is 2. The van der Waals surface area contributed by atoms with Crippen LogP contribution < -0.4 is 10.6 Å². The minimum atomic E-state index is -0.857. The Hall–Kier alpha value is -2.12. The first-order chi connectivity index (χ1) is 9.46. The van der Waals surface area contributed by atoms with E-state index in [0.29, 0.717) is 11.4 Å². The summed E-state index contributed by atoms with van der Waals surface area (Å²) in [5.74, 6) is -1.01. The number of carbonyl (C=O) groups excluding carboxylic acids is 2. The number of nitrogens with one attached hydrogen (secondary N) is 2. The zero-order valence-corrected chi connectivity index (χ0v) is 13.3. The zero-order valence-electron chi connectivity index (χ0n) is 13.3. The molecule has 8 heteroatoms. The fraction of sp³-hybridized carbons (Fsp3) is 0.692. The highest BCUT2D eigenvalue weighted by Crippen LogP contribution is 2.07. The third kappa shape index (κ3) is 5.80. The summed E-state index contributed by atoms with van der Waals surface area (Å²) in [7, 11) is 0. The van der Waals surface area contributed by atoms with Crippen LogP contribution in [0.3, 0.4) is 0 Å². The number of nitrogens with zero attached hydrogens (tertiary/aromatic N) is 2. The van der Waals surface area contributed by atoms with Crippen molar-refractivity contribution in [2.24, 2.45) is 10.3 Å². The second-order valence-corrected chi connectivity index (χ2v) is 5.89. The van der Waals surface area contributed by atoms with Crippen LogP contribution in [0.2, 0.25) is 0 Å². The molecule has 0 saturated heterocycles. The van der Waals surface area contributed by atoms with Crippen LogP contribution in [-0.2, 0) is 9.59 Å². The molecule has 0 unspecified atom stereocenters. The van der Waals surface area contributed by atoms with Gasteiger partial charge in [0.25, 0.3) is 0 Å². The van der Waals surface area contributed by atoms with Crippen molar-refractivity contribution in [2.45, 2.75) is 59.0 Å². The van der Waals surface area contributed by atoms with Crippen molar-refractivity contribution < 1.29 is 20.0 Å². The van der Waals surface area contributed by atoms with Crippen LogP contribution in [0.5, 0.6) is 0 Å². The van der Waals surface area contributed by atoms with Crippen molar-refractivity contribution in [1.29, 1.82) is 0 Å². The molecule has 2 amide bonds. The van der Waals surface area contributed by atoms with E-state index >= 15 is 0 Å². The van der Waals surface area contributed by atoms with E-state index in [1.54, 1.807) is 41.5 Å². The van der Waals surface area contributed by atoms with E-state index in [2.05, 4.69) is 20.9 Å². The van der Waals surface area contributed by atoms with Crippen LogP contribution in [0.1, 0.15) is 48.0 Å². The largest absolute Gasteiger partial charge is 0.411 e. The summed E-state index contributed by atoms with van der Waals surface area (Å²) >= 11 is 0. The summed E-state index contributed by atoms with van der Waals surface area (Å²) in [6, 6.07) is 0. The Kier molecular flexibility index (Phi) is 6.34. The molecule has 0 bridgehead atoms. The van der Waals surface area contributed by atoms with Gasteiger partial charge in [-0.25, -0.2) is 0 Å². The van der Waals surface area contributed by atoms with Crippen LogP contribution in [-0.4, -0.2) is 44.7 Å². The molecule has 0 aromatic heterocycles. The van der Waals surface area contributed by atoms with Crippen molar-refractivity contribution in [3.63, 3.8) is 0 Å². The van der Waals surface area contributed by atoms with Crippen molar-refractivity contribution in [3.8, 4) is 0 Å². The smallest absolute Gasteiger partial charge is 0.230 e. The summed E-state index contributed by atoms with van der Waals surface area (Å²) in [5, 5.41) is 28.7. The summed E-state index contributed by atoms with van der Waals surface area (Å²) in [6.45, 7) is 9.75. The van der Waals surface area contributed by atoms with E-state index in [1.165, 1.54) is 0 Å². The first kappa shape index (κ1) is 18.9. The lowest BCUT2D eigenvalue weighted by Crippen LogP contribution is -2.52. The highest BCUT2D eigenvalue weighted by atomic mass is 16.4. The lowest BCUT2D eigenvalue weighted by atomic mass is 9.98. The van der Waals surface area contributed by atoms with Gasteiger partial charge in [-0.2, -0.15) is 0 Å². The van der Waals surface area contributed by atoms with Crippen LogP contribution >= 0.6 is 0 Å². The first-order valence-electron chi connectivity index (χ1n) is 6.46. The van der Waals surface area contributed by atoms with E-state index in [0.717, 1.165) is 0 Å². The molecule has 0 fully saturated rings. The molecule has 0 aromatic carbocycles. The Labute approximate surface area is 124 Å². The van der Waals surface area contributed by atoms with E-state index in [1.807, 2.05) is 0 Å². The first-order valence-corrected chi connectivity index (χ1v) is 6.46. The second kappa shape index (κ2) is 7.05. The monoisotopic (exact) mass is 300 g/mol. The highest BCUT2D eigenvalue weighted by molar-refractivity contribution is 6.02. The summed E-state index contributed by atoms with van der Waals surface area (Å²) in [5.41, 5.74) is -1.08. The number of carbonyl (C=O) groups is 2. The van der Waals surface area contributed by atoms with Gasteiger partial charge in [0.2, 0.25) is 11.8 Å². The average molecular weight is 300 g/mol. The van der Waals surface area contributed by atoms with Crippen LogP contribution in [0.25, 0.3) is 0 Å². The van der Waals surface area contributed by atoms with Gasteiger partial charge in [0.05, 0.1) is 22.5 Å². The predicted octanol–water partition coefficient (Wildman–Crippen LogP) is 0.866. The SMILES string of the molecule is CC(=NO)C(C)(C)NC(=O)CC(=O)NC(C)(C)C(C)=NO. The van der Waals surface area contributed by atoms with Gasteiger partial charge in [0.15, 0.2) is 0 Å². The summed E-state index contributed by atoms with van der Waals surface area (Å²) < 4.78 is 0. The quantitative estimate of drug-likeness (QED) is 0.251. The molecule has 0 aromatic rings. The molecular weight excluding hydrogens is 276 g/mol. The van der Waals surface area contributed by atoms with Crippen LogP contribution in [0, 0.1) is 0 Å². The maximum absolute atomic E-state index is 11.8. The molecule has 21 heavy (non-hydrogen) atoms. The van der Waals surface area contributed by atoms with Gasteiger partial charge >= 0.3 is 0 Å². The molecule has 0 heterocycles. The molecule has 0 rings (SSSR count). The minimum absolute atomic E-state index is 0.319. The molecule has 0 atom stereocenters. The Bertz CT molecular complexity index is 425. The lowest BCUT2D eigenvalue weighted by molar-refractivity contribution is -0.130. The van der Waals surface area contributed by atoms with Gasteiger partial charge in [0, 0.05) is 0 Å². The number of rotatable bonds is 6. The molecule has 0 saturated carbocycles. The molecule has 0 spiro atoms. The van der Waals surface area contributed by atoms with E-state index in [4.69, 9.17) is 10.4 Å². The van der Waals surface area contributed by atoms with Gasteiger partial charge in [0.1, 0.15) is 6.42 Å². The standard InChI is InChI=1S/C13H24N4O4/c1-8(16-20)12(3,4)14-10(18)7-11(19)15-13(5,6)9(2)17-21/h20-21H,7H2,1-6H3,(H,14,18)(H,15,19). The minimum Gasteiger partial charge on any atom is -0.411 e. The second-order valence-electron chi connectivity index (χ2n) is 5.89. The fourth-order valence-electron chi connectivity index (χ4n) is 1.36. The van der Waals surface area contributed by atoms with Crippen molar-refractivity contribution in [3.05, 3.63) is 0 Å². The molecule has 4 N–H and O–H groups in total. The molecule has 0 aliphatic rings. The summed E-state index contributed by atoms with van der Waals surface area (Å²) in [6.07, 6.45) is -0.385. The average Bonchev–Trinajstić information content (AvgIpc) is 2.34. The Morgan fingerprint density at radius 3 is 1.38 bits per heavy atom. The Morgan fingerprint density at radius 2 is 1.14 bits per heavy atom. The van der Waals surface area contributed by atoms with Gasteiger partial charge in [-0.3, -0.25) is 9.59 Å². The maximum Gasteiger partial charge on any atom is 0.230 e. The maximum atomic E-state index is 11.8. The van der Waals surface area contributed by atoms with Crippen molar-refractivity contribution in [1.82, 2.24) is 10.6 Å². The number of hydrogen-bond donors (Lipinski definition) is 4. The lowest BCUT2D eigenvalue weighted by Gasteiger charge is -2.27. The highest BCUT2D eigenvalue weighted by Gasteiger charge is 2.28. The molecule has 0 radical (unpaired) electrons. The number of oxime groups is 2. The zero-order chi connectivity index (χ0) is 16.8. The predicted molar refractivity (Wildman–Crippen MR) is 78.9 cm³/mol. The van der Waals surface area contributed by atoms with E-state index in [-0.39, 0.29) is 6.42 Å². The Balaban J connectivity index is 4.65. The molecule has 0 aliphatic carbocycles. The third-order valence-electron chi connectivity index (χ3n) is 3.33. The third-order valence-corrected chi connectivity index (χ3v) is 3.33. The topological polar surface area (TPSA) is 123 Å². The summed E-state index contributed by atoms with van der Waals surface area (Å²) in [4.78, 5) is 23.7. The fourth-order valence-corrected chi connectivity index (χ4v) is 1.36. The van der Waals surface area contributed by atoms with Gasteiger partial charge in [-0.15, -0.1) is 0 Å². The number of hydrogen-bond acceptors (Lipinski definition) is 6. The van der Waals surface area contributed by atoms with Crippen LogP contribution in [0.15, 0.2) is 10.3 Å². The van der Waals surface area contributed by atoms with E-state index in [9.17, 15) is 9.59 Å². The van der Waals surface area contributed by atoms with Gasteiger partial charge in [-0.1, -0.05) is 10.3 Å². The Morgan fingerprint density at radius 1 is 0.857 bits per heavy atom. The molecule has 0 aliphatic heterocycles. The van der Waals surface area contributed by atoms with Crippen molar-refractivity contribution in [2.75, 3.05) is 0 Å². The molecule has 120 valence electrons. The molecular formula is C13H24N4O4. The van der Waals surface area contributed by atoms with Crippen LogP contribution in [0.4, 0.5) is 0 Å². The molecule has 8 nitrogen and oxygen atoms in total. The normalized spacial score (nSPS) is 13.8. The van der Waals surface area contributed by atoms with Gasteiger partial charge < -0.3 is 21.0 Å². The van der Waals surface area contributed by atoms with E-state index < -0.39 is 22.9 Å². The van der Waals surface area contributed by atoms with Crippen molar-refractivity contribution >= 4 is 23.2 Å².